The Morgan fingerprint density at radius 1 is 0.808 bits per heavy atom. The first-order chi connectivity index (χ1) is 11.9. The van der Waals surface area contributed by atoms with E-state index in [2.05, 4.69) is 45.1 Å². The van der Waals surface area contributed by atoms with Crippen molar-refractivity contribution >= 4 is 41.7 Å². The van der Waals surface area contributed by atoms with Crippen molar-refractivity contribution in [2.45, 2.75) is 106 Å². The lowest BCUT2D eigenvalue weighted by Crippen LogP contribution is -2.10. The van der Waals surface area contributed by atoms with E-state index in [1.165, 1.54) is 51.4 Å². The summed E-state index contributed by atoms with van der Waals surface area (Å²) in [4.78, 5) is 32.5. The molecule has 153 valence electrons. The molecule has 0 aliphatic heterocycles. The van der Waals surface area contributed by atoms with Gasteiger partial charge in [-0.3, -0.25) is 0 Å². The van der Waals surface area contributed by atoms with E-state index in [0.29, 0.717) is 0 Å². The molecule has 26 heavy (non-hydrogen) atoms. The zero-order chi connectivity index (χ0) is 20.5. The predicted molar refractivity (Wildman–Crippen MR) is 110 cm³/mol. The van der Waals surface area contributed by atoms with E-state index in [1.807, 2.05) is 0 Å². The lowest BCUT2D eigenvalue weighted by molar-refractivity contribution is -0.193. The topological polar surface area (TPSA) is 99.8 Å². The molecule has 5 nitrogen and oxygen atoms in total. The maximum absolute atomic E-state index is 8.12. The molecule has 7 heteroatoms. The maximum Gasteiger partial charge on any atom is 0.373 e. The third kappa shape index (κ3) is 39.0. The first-order valence-electron chi connectivity index (χ1n) is 9.68. The Bertz CT molecular complexity index is 284. The number of rotatable bonds is 10. The Morgan fingerprint density at radius 2 is 1.19 bits per heavy atom. The van der Waals surface area contributed by atoms with Crippen LogP contribution in [0, 0.1) is 0 Å². The van der Waals surface area contributed by atoms with E-state index in [-0.39, 0.29) is 31.9 Å². The van der Waals surface area contributed by atoms with Crippen LogP contribution in [-0.2, 0) is 19.2 Å². The van der Waals surface area contributed by atoms with Crippen LogP contribution in [0.3, 0.4) is 0 Å². The minimum atomic E-state index is -0.317. The summed E-state index contributed by atoms with van der Waals surface area (Å²) in [5.41, 5.74) is 0. The lowest BCUT2D eigenvalue weighted by Gasteiger charge is -2.14. The Kier molecular flexibility index (Phi) is 50.5. The second kappa shape index (κ2) is 35.8. The molecule has 0 aromatic rings. The fraction of sp³-hybridized carbons (Fsp3) is 0.895. The first-order valence-corrected chi connectivity index (χ1v) is 14.5. The van der Waals surface area contributed by atoms with Gasteiger partial charge in [-0.1, -0.05) is 88.6 Å². The Balaban J connectivity index is -0.0000000845. The highest BCUT2D eigenvalue weighted by molar-refractivity contribution is 6.57. The van der Waals surface area contributed by atoms with Crippen LogP contribution in [-0.4, -0.2) is 47.1 Å². The Hall–Kier alpha value is -0.215. The minimum absolute atomic E-state index is 0. The largest absolute Gasteiger partial charge is 0.412 e. The van der Waals surface area contributed by atoms with Crippen molar-refractivity contribution in [3.63, 3.8) is 0 Å². The summed E-state index contributed by atoms with van der Waals surface area (Å²) in [5, 5.41) is 0. The molecule has 0 saturated carbocycles. The summed E-state index contributed by atoms with van der Waals surface area (Å²) in [6.45, 7) is 9.22. The van der Waals surface area contributed by atoms with Crippen LogP contribution in [0.15, 0.2) is 0 Å². The molecule has 0 heterocycles. The first kappa shape index (κ1) is 36.7. The van der Waals surface area contributed by atoms with E-state index in [1.54, 1.807) is 0 Å². The molecular weight excluding hydrogens is 362 g/mol. The molecule has 0 bridgehead atoms. The van der Waals surface area contributed by atoms with Gasteiger partial charge in [-0.05, 0) is 0 Å². The van der Waals surface area contributed by atoms with Gasteiger partial charge in [0.15, 0.2) is 0 Å². The third-order valence-electron chi connectivity index (χ3n) is 4.32. The van der Waals surface area contributed by atoms with Gasteiger partial charge in [-0.25, -0.2) is 0 Å². The standard InChI is InChI=1S/2C7H15.2CO2.3CH3.2Al.H2O/c2*1-3-5-7-6-4-2;2*2-1-3;;;;;;/h2*5H,3-4,6-7H2,1-2H3;;;3*1H3;;;1H2. The van der Waals surface area contributed by atoms with E-state index in [9.17, 15) is 0 Å². The van der Waals surface area contributed by atoms with Gasteiger partial charge in [0.25, 0.3) is 14.1 Å². The van der Waals surface area contributed by atoms with Crippen LogP contribution in [0.5, 0.6) is 0 Å². The molecule has 0 amide bonds. The quantitative estimate of drug-likeness (QED) is 0.487. The molecule has 0 aliphatic carbocycles. The van der Waals surface area contributed by atoms with Crippen LogP contribution in [0.1, 0.15) is 79.1 Å². The van der Waals surface area contributed by atoms with Crippen LogP contribution in [0.25, 0.3) is 0 Å². The van der Waals surface area contributed by atoms with Gasteiger partial charge in [-0.2, -0.15) is 19.2 Å². The molecule has 0 fully saturated rings. The summed E-state index contributed by atoms with van der Waals surface area (Å²) in [7, 11) is 0. The van der Waals surface area contributed by atoms with E-state index in [0.717, 1.165) is 24.8 Å². The van der Waals surface area contributed by atoms with Crippen LogP contribution in [0.2, 0.25) is 26.9 Å². The smallest absolute Gasteiger partial charge is 0.373 e. The average Bonchev–Trinajstić information content (AvgIpc) is 2.58. The van der Waals surface area contributed by atoms with Gasteiger partial charge in [-0.15, -0.1) is 17.4 Å². The van der Waals surface area contributed by atoms with Gasteiger partial charge >= 0.3 is 12.3 Å². The van der Waals surface area contributed by atoms with E-state index >= 15 is 0 Å². The molecule has 0 aromatic carbocycles. The minimum Gasteiger partial charge on any atom is -0.412 e. The molecule has 2 N–H and O–H groups in total. The normalized spacial score (nSPS) is 10.3. The fourth-order valence-electron chi connectivity index (χ4n) is 2.55. The monoisotopic (exact) mass is 403 g/mol. The molecule has 2 unspecified atom stereocenters. The van der Waals surface area contributed by atoms with Gasteiger partial charge in [0.05, 0.1) is 0 Å². The zero-order valence-corrected chi connectivity index (χ0v) is 20.4. The number of carbonyl (C=O) groups excluding carboxylic acids is 4. The molecule has 0 spiro atoms. The van der Waals surface area contributed by atoms with Crippen molar-refractivity contribution in [2.75, 3.05) is 0 Å². The molecule has 0 aliphatic rings. The van der Waals surface area contributed by atoms with Crippen molar-refractivity contribution in [2.24, 2.45) is 0 Å². The van der Waals surface area contributed by atoms with Crippen molar-refractivity contribution in [1.82, 2.24) is 0 Å². The number of hydrogen-bond donors (Lipinski definition) is 0. The van der Waals surface area contributed by atoms with Crippen LogP contribution >= 0.6 is 0 Å². The maximum atomic E-state index is 8.12. The SMILES string of the molecule is CCCC[CH](CC)[Al]([CH3])[CH3].CCCC[CH](CC)[Al][CH3].O.O=C=O.O=C=O. The highest BCUT2D eigenvalue weighted by atomic mass is 27.2. The van der Waals surface area contributed by atoms with Gasteiger partial charge in [0, 0.05) is 0 Å². The third-order valence-corrected chi connectivity index (χ3v) is 8.76. The second-order valence-corrected chi connectivity index (χ2v) is 11.4. The van der Waals surface area contributed by atoms with Crippen molar-refractivity contribution < 1.29 is 24.7 Å². The van der Waals surface area contributed by atoms with Crippen molar-refractivity contribution in [3.8, 4) is 0 Å². The van der Waals surface area contributed by atoms with Crippen LogP contribution < -0.4 is 0 Å². The summed E-state index contributed by atoms with van der Waals surface area (Å²) >= 11 is 0.416. The zero-order valence-electron chi connectivity index (χ0n) is 18.1. The van der Waals surface area contributed by atoms with Gasteiger partial charge in [0.1, 0.15) is 0 Å². The number of hydrogen-bond acceptors (Lipinski definition) is 4. The molecule has 2 atom stereocenters. The summed E-state index contributed by atoms with van der Waals surface area (Å²) in [6, 6.07) is 0. The van der Waals surface area contributed by atoms with Crippen molar-refractivity contribution in [3.05, 3.63) is 0 Å². The van der Waals surface area contributed by atoms with E-state index in [4.69, 9.17) is 19.2 Å². The fourth-order valence-corrected chi connectivity index (χ4v) is 5.43. The molecule has 0 aromatic heterocycles. The summed E-state index contributed by atoms with van der Waals surface area (Å²) < 4.78 is 2.20. The Morgan fingerprint density at radius 3 is 1.42 bits per heavy atom. The van der Waals surface area contributed by atoms with Crippen LogP contribution in [0.4, 0.5) is 0 Å². The molecule has 0 rings (SSSR count). The highest BCUT2D eigenvalue weighted by Gasteiger charge is 2.14. The molecular formula is C19H41Al2O5. The molecule has 0 saturated heterocycles. The lowest BCUT2D eigenvalue weighted by atomic mass is 10.2. The summed E-state index contributed by atoms with van der Waals surface area (Å²) in [6.07, 6.45) is 11.9. The molecule has 1 radical (unpaired) electrons. The predicted octanol–water partition coefficient (Wildman–Crippen LogP) is 4.85. The van der Waals surface area contributed by atoms with Gasteiger partial charge in [0.2, 0.25) is 15.2 Å². The number of unbranched alkanes of at least 4 members (excludes halogenated alkanes) is 2. The average molecular weight is 403 g/mol. The Labute approximate surface area is 172 Å². The van der Waals surface area contributed by atoms with E-state index < -0.39 is 0 Å². The highest BCUT2D eigenvalue weighted by Crippen LogP contribution is 2.22. The van der Waals surface area contributed by atoms with Crippen molar-refractivity contribution in [1.29, 1.82) is 0 Å². The second-order valence-electron chi connectivity index (χ2n) is 6.37. The summed E-state index contributed by atoms with van der Waals surface area (Å²) in [5.74, 6) is 7.33. The van der Waals surface area contributed by atoms with Gasteiger partial charge < -0.3 is 5.48 Å².